The average Bonchev–Trinajstić information content (AvgIpc) is 2.76. The SMILES string of the molecule is CCCC(CCC)c1nn(C)c(N)c1-c1ccc(Br)cc1. The molecular formula is C17H24BrN3. The quantitative estimate of drug-likeness (QED) is 0.786. The zero-order valence-corrected chi connectivity index (χ0v) is 14.7. The minimum absolute atomic E-state index is 0.488. The molecule has 0 radical (unpaired) electrons. The number of aromatic nitrogens is 2. The second-order valence-electron chi connectivity index (χ2n) is 5.55. The number of anilines is 1. The highest BCUT2D eigenvalue weighted by Gasteiger charge is 2.22. The molecule has 0 saturated carbocycles. The van der Waals surface area contributed by atoms with Crippen LogP contribution < -0.4 is 5.73 Å². The van der Waals surface area contributed by atoms with Gasteiger partial charge in [-0.15, -0.1) is 0 Å². The predicted octanol–water partition coefficient (Wildman–Crippen LogP) is 5.12. The zero-order valence-electron chi connectivity index (χ0n) is 13.1. The van der Waals surface area contributed by atoms with Crippen LogP contribution in [-0.2, 0) is 7.05 Å². The van der Waals surface area contributed by atoms with Gasteiger partial charge in [-0.1, -0.05) is 54.8 Å². The normalized spacial score (nSPS) is 11.3. The molecule has 2 N–H and O–H groups in total. The van der Waals surface area contributed by atoms with E-state index in [4.69, 9.17) is 10.8 Å². The van der Waals surface area contributed by atoms with Gasteiger partial charge in [0.2, 0.25) is 0 Å². The van der Waals surface area contributed by atoms with Crippen LogP contribution in [0.25, 0.3) is 11.1 Å². The number of aryl methyl sites for hydroxylation is 1. The number of hydrogen-bond acceptors (Lipinski definition) is 2. The zero-order chi connectivity index (χ0) is 15.4. The first-order chi connectivity index (χ1) is 10.1. The molecule has 0 aliphatic rings. The summed E-state index contributed by atoms with van der Waals surface area (Å²) in [5.74, 6) is 1.24. The van der Waals surface area contributed by atoms with Crippen LogP contribution in [0.1, 0.15) is 51.1 Å². The molecule has 1 heterocycles. The Kier molecular flexibility index (Phi) is 5.45. The monoisotopic (exact) mass is 349 g/mol. The van der Waals surface area contributed by atoms with Crippen molar-refractivity contribution < 1.29 is 0 Å². The summed E-state index contributed by atoms with van der Waals surface area (Å²) in [5, 5.41) is 4.73. The van der Waals surface area contributed by atoms with E-state index in [1.54, 1.807) is 0 Å². The molecule has 0 spiro atoms. The van der Waals surface area contributed by atoms with E-state index >= 15 is 0 Å². The van der Waals surface area contributed by atoms with Crippen LogP contribution >= 0.6 is 15.9 Å². The van der Waals surface area contributed by atoms with E-state index in [1.807, 2.05) is 11.7 Å². The number of halogens is 1. The Bertz CT molecular complexity index is 581. The highest BCUT2D eigenvalue weighted by Crippen LogP contribution is 2.37. The molecule has 0 aliphatic heterocycles. The molecule has 0 fully saturated rings. The van der Waals surface area contributed by atoms with Gasteiger partial charge in [-0.2, -0.15) is 5.10 Å². The molecule has 2 rings (SSSR count). The smallest absolute Gasteiger partial charge is 0.129 e. The summed E-state index contributed by atoms with van der Waals surface area (Å²) < 4.78 is 2.89. The lowest BCUT2D eigenvalue weighted by Gasteiger charge is -2.15. The van der Waals surface area contributed by atoms with E-state index in [2.05, 4.69) is 54.0 Å². The number of benzene rings is 1. The van der Waals surface area contributed by atoms with E-state index in [-0.39, 0.29) is 0 Å². The minimum Gasteiger partial charge on any atom is -0.383 e. The van der Waals surface area contributed by atoms with Crippen LogP contribution in [0, 0.1) is 0 Å². The fraction of sp³-hybridized carbons (Fsp3) is 0.471. The predicted molar refractivity (Wildman–Crippen MR) is 93.3 cm³/mol. The molecule has 1 aromatic carbocycles. The molecule has 0 bridgehead atoms. The highest BCUT2D eigenvalue weighted by molar-refractivity contribution is 9.10. The van der Waals surface area contributed by atoms with Gasteiger partial charge in [0.1, 0.15) is 5.82 Å². The van der Waals surface area contributed by atoms with Crippen LogP contribution in [0.5, 0.6) is 0 Å². The molecule has 3 nitrogen and oxygen atoms in total. The van der Waals surface area contributed by atoms with Gasteiger partial charge in [0.05, 0.1) is 5.69 Å². The topological polar surface area (TPSA) is 43.8 Å². The number of hydrogen-bond donors (Lipinski definition) is 1. The first kappa shape index (κ1) is 16.1. The van der Waals surface area contributed by atoms with Crippen molar-refractivity contribution in [3.05, 3.63) is 34.4 Å². The van der Waals surface area contributed by atoms with Crippen LogP contribution in [0.4, 0.5) is 5.82 Å². The first-order valence-electron chi connectivity index (χ1n) is 7.66. The Labute approximate surface area is 135 Å². The third kappa shape index (κ3) is 3.49. The number of nitrogens with zero attached hydrogens (tertiary/aromatic N) is 2. The molecule has 0 unspecified atom stereocenters. The summed E-state index contributed by atoms with van der Waals surface area (Å²) in [6, 6.07) is 8.33. The van der Waals surface area contributed by atoms with Crippen LogP contribution in [0.15, 0.2) is 28.7 Å². The van der Waals surface area contributed by atoms with Crippen molar-refractivity contribution in [3.63, 3.8) is 0 Å². The molecule has 0 aliphatic carbocycles. The molecule has 21 heavy (non-hydrogen) atoms. The fourth-order valence-corrected chi connectivity index (χ4v) is 3.14. The molecule has 0 amide bonds. The second-order valence-corrected chi connectivity index (χ2v) is 6.47. The minimum atomic E-state index is 0.488. The lowest BCUT2D eigenvalue weighted by Crippen LogP contribution is -2.02. The van der Waals surface area contributed by atoms with E-state index in [1.165, 1.54) is 12.8 Å². The van der Waals surface area contributed by atoms with Crippen molar-refractivity contribution in [1.82, 2.24) is 9.78 Å². The summed E-state index contributed by atoms with van der Waals surface area (Å²) in [7, 11) is 1.93. The second kappa shape index (κ2) is 7.12. The number of nitrogen functional groups attached to an aromatic ring is 1. The van der Waals surface area contributed by atoms with Crippen molar-refractivity contribution in [2.24, 2.45) is 7.05 Å². The first-order valence-corrected chi connectivity index (χ1v) is 8.46. The highest BCUT2D eigenvalue weighted by atomic mass is 79.9. The standard InChI is InChI=1S/C17H24BrN3/c1-4-6-13(7-5-2)16-15(17(19)21(3)20-16)12-8-10-14(18)11-9-12/h8-11,13H,4-7,19H2,1-3H3. The fourth-order valence-electron chi connectivity index (χ4n) is 2.87. The Hall–Kier alpha value is -1.29. The van der Waals surface area contributed by atoms with Crippen LogP contribution in [0.2, 0.25) is 0 Å². The van der Waals surface area contributed by atoms with Crippen molar-refractivity contribution in [2.75, 3.05) is 5.73 Å². The van der Waals surface area contributed by atoms with Crippen molar-refractivity contribution in [3.8, 4) is 11.1 Å². The summed E-state index contributed by atoms with van der Waals surface area (Å²) in [4.78, 5) is 0. The van der Waals surface area contributed by atoms with E-state index in [0.717, 1.165) is 40.0 Å². The van der Waals surface area contributed by atoms with Crippen LogP contribution in [-0.4, -0.2) is 9.78 Å². The van der Waals surface area contributed by atoms with Gasteiger partial charge < -0.3 is 5.73 Å². The van der Waals surface area contributed by atoms with Gasteiger partial charge in [0.15, 0.2) is 0 Å². The Morgan fingerprint density at radius 3 is 2.24 bits per heavy atom. The third-order valence-corrected chi connectivity index (χ3v) is 4.44. The molecule has 1 aromatic heterocycles. The van der Waals surface area contributed by atoms with Gasteiger partial charge in [-0.25, -0.2) is 0 Å². The molecule has 2 aromatic rings. The Morgan fingerprint density at radius 2 is 1.71 bits per heavy atom. The lowest BCUT2D eigenvalue weighted by molar-refractivity contribution is 0.540. The Morgan fingerprint density at radius 1 is 1.14 bits per heavy atom. The van der Waals surface area contributed by atoms with E-state index in [9.17, 15) is 0 Å². The molecule has 0 atom stereocenters. The maximum absolute atomic E-state index is 6.29. The van der Waals surface area contributed by atoms with Gasteiger partial charge in [-0.05, 0) is 30.5 Å². The third-order valence-electron chi connectivity index (χ3n) is 3.91. The van der Waals surface area contributed by atoms with Crippen molar-refractivity contribution in [2.45, 2.75) is 45.4 Å². The summed E-state index contributed by atoms with van der Waals surface area (Å²) in [5.41, 5.74) is 9.70. The Balaban J connectivity index is 2.51. The lowest BCUT2D eigenvalue weighted by atomic mass is 9.90. The van der Waals surface area contributed by atoms with Gasteiger partial charge in [0.25, 0.3) is 0 Å². The molecular weight excluding hydrogens is 326 g/mol. The summed E-state index contributed by atoms with van der Waals surface area (Å²) in [6.45, 7) is 4.46. The summed E-state index contributed by atoms with van der Waals surface area (Å²) >= 11 is 3.49. The van der Waals surface area contributed by atoms with Gasteiger partial charge in [0, 0.05) is 23.0 Å². The molecule has 4 heteroatoms. The van der Waals surface area contributed by atoms with E-state index < -0.39 is 0 Å². The van der Waals surface area contributed by atoms with Crippen molar-refractivity contribution >= 4 is 21.7 Å². The van der Waals surface area contributed by atoms with E-state index in [0.29, 0.717) is 5.92 Å². The van der Waals surface area contributed by atoms with Crippen LogP contribution in [0.3, 0.4) is 0 Å². The molecule has 0 saturated heterocycles. The van der Waals surface area contributed by atoms with Gasteiger partial charge in [-0.3, -0.25) is 4.68 Å². The van der Waals surface area contributed by atoms with Gasteiger partial charge >= 0.3 is 0 Å². The largest absolute Gasteiger partial charge is 0.383 e. The maximum Gasteiger partial charge on any atom is 0.129 e. The van der Waals surface area contributed by atoms with Crippen molar-refractivity contribution in [1.29, 1.82) is 0 Å². The number of nitrogens with two attached hydrogens (primary N) is 1. The average molecular weight is 350 g/mol. The molecule has 114 valence electrons. The maximum atomic E-state index is 6.29. The number of rotatable bonds is 6. The summed E-state index contributed by atoms with van der Waals surface area (Å²) in [6.07, 6.45) is 4.66.